The Kier molecular flexibility index (Phi) is 6.67. The van der Waals surface area contributed by atoms with Crippen LogP contribution in [0.4, 0.5) is 5.00 Å². The number of esters is 1. The molecule has 1 aromatic carbocycles. The van der Waals surface area contributed by atoms with E-state index in [1.165, 1.54) is 16.2 Å². The Morgan fingerprint density at radius 3 is 2.57 bits per heavy atom. The Balaban J connectivity index is 1.97. The van der Waals surface area contributed by atoms with Crippen molar-refractivity contribution in [1.82, 2.24) is 0 Å². The van der Waals surface area contributed by atoms with Gasteiger partial charge in [0.15, 0.2) is 0 Å². The van der Waals surface area contributed by atoms with Crippen LogP contribution in [0.3, 0.4) is 0 Å². The minimum Gasteiger partial charge on any atom is -0.462 e. The van der Waals surface area contributed by atoms with Crippen molar-refractivity contribution in [3.8, 4) is 0 Å². The van der Waals surface area contributed by atoms with Crippen molar-refractivity contribution < 1.29 is 14.3 Å². The molecule has 6 heteroatoms. The van der Waals surface area contributed by atoms with Crippen LogP contribution in [-0.2, 0) is 16.0 Å². The lowest BCUT2D eigenvalue weighted by molar-refractivity contribution is -0.115. The molecule has 0 atom stereocenters. The quantitative estimate of drug-likeness (QED) is 0.601. The van der Waals surface area contributed by atoms with Gasteiger partial charge in [-0.1, -0.05) is 19.1 Å². The van der Waals surface area contributed by atoms with E-state index in [1.807, 2.05) is 24.3 Å². The molecule has 0 bridgehead atoms. The van der Waals surface area contributed by atoms with Gasteiger partial charge in [0.1, 0.15) is 5.00 Å². The summed E-state index contributed by atoms with van der Waals surface area (Å²) < 4.78 is 4.98. The fraction of sp³-hybridized carbons (Fsp3) is 0.294. The maximum absolute atomic E-state index is 12.2. The second-order valence-electron chi connectivity index (χ2n) is 4.69. The fourth-order valence-corrected chi connectivity index (χ4v) is 3.46. The highest BCUT2D eigenvalue weighted by molar-refractivity contribution is 7.99. The van der Waals surface area contributed by atoms with Crippen LogP contribution in [0.15, 0.2) is 40.6 Å². The Hall–Kier alpha value is -1.79. The van der Waals surface area contributed by atoms with Crippen LogP contribution >= 0.6 is 23.1 Å². The lowest BCUT2D eigenvalue weighted by atomic mass is 10.1. The summed E-state index contributed by atoms with van der Waals surface area (Å²) in [5.74, 6) is 0.466. The minimum atomic E-state index is -0.412. The van der Waals surface area contributed by atoms with Gasteiger partial charge in [-0.2, -0.15) is 0 Å². The van der Waals surface area contributed by atoms with E-state index in [2.05, 4.69) is 12.2 Å². The van der Waals surface area contributed by atoms with Crippen molar-refractivity contribution in [2.75, 3.05) is 17.7 Å². The van der Waals surface area contributed by atoms with Crippen molar-refractivity contribution in [3.63, 3.8) is 0 Å². The molecule has 0 saturated carbocycles. The standard InChI is InChI=1S/C17H19NO3S2/c1-3-21-17(20)14-9-10-23-16(14)18-15(19)11-12-5-7-13(8-6-12)22-4-2/h5-10H,3-4,11H2,1-2H3,(H,18,19). The Bertz CT molecular complexity index is 665. The third-order valence-corrected chi connectivity index (χ3v) is 4.74. The summed E-state index contributed by atoms with van der Waals surface area (Å²) in [6.07, 6.45) is 0.275. The van der Waals surface area contributed by atoms with E-state index >= 15 is 0 Å². The van der Waals surface area contributed by atoms with Crippen LogP contribution < -0.4 is 5.32 Å². The van der Waals surface area contributed by atoms with Gasteiger partial charge in [-0.15, -0.1) is 23.1 Å². The number of thioether (sulfide) groups is 1. The van der Waals surface area contributed by atoms with Gasteiger partial charge >= 0.3 is 5.97 Å². The largest absolute Gasteiger partial charge is 0.462 e. The van der Waals surface area contributed by atoms with Gasteiger partial charge < -0.3 is 10.1 Å². The molecule has 0 saturated heterocycles. The zero-order valence-corrected chi connectivity index (χ0v) is 14.8. The molecule has 1 amide bonds. The predicted octanol–water partition coefficient (Wildman–Crippen LogP) is 4.22. The maximum Gasteiger partial charge on any atom is 0.341 e. The van der Waals surface area contributed by atoms with E-state index in [1.54, 1.807) is 30.1 Å². The molecule has 2 rings (SSSR count). The van der Waals surface area contributed by atoms with Gasteiger partial charge in [0.05, 0.1) is 18.6 Å². The number of rotatable bonds is 7. The third kappa shape index (κ3) is 5.11. The second kappa shape index (κ2) is 8.74. The lowest BCUT2D eigenvalue weighted by Gasteiger charge is -2.07. The van der Waals surface area contributed by atoms with Crippen molar-refractivity contribution in [1.29, 1.82) is 0 Å². The van der Waals surface area contributed by atoms with E-state index in [0.29, 0.717) is 17.2 Å². The zero-order chi connectivity index (χ0) is 16.7. The first-order valence-corrected chi connectivity index (χ1v) is 9.26. The number of carbonyl (C=O) groups excluding carboxylic acids is 2. The maximum atomic E-state index is 12.2. The van der Waals surface area contributed by atoms with Crippen molar-refractivity contribution >= 4 is 40.0 Å². The van der Waals surface area contributed by atoms with E-state index < -0.39 is 5.97 Å². The molecule has 4 nitrogen and oxygen atoms in total. The summed E-state index contributed by atoms with van der Waals surface area (Å²) in [5.41, 5.74) is 1.34. The molecular formula is C17H19NO3S2. The SMILES string of the molecule is CCOC(=O)c1ccsc1NC(=O)Cc1ccc(SCC)cc1. The number of hydrogen-bond donors (Lipinski definition) is 1. The molecule has 0 aliphatic rings. The topological polar surface area (TPSA) is 55.4 Å². The summed E-state index contributed by atoms with van der Waals surface area (Å²) in [7, 11) is 0. The number of anilines is 1. The number of hydrogen-bond acceptors (Lipinski definition) is 5. The molecular weight excluding hydrogens is 330 g/mol. The molecule has 0 spiro atoms. The Morgan fingerprint density at radius 2 is 1.91 bits per heavy atom. The summed E-state index contributed by atoms with van der Waals surface area (Å²) >= 11 is 3.08. The number of nitrogens with one attached hydrogen (secondary N) is 1. The lowest BCUT2D eigenvalue weighted by Crippen LogP contribution is -2.16. The van der Waals surface area contributed by atoms with Crippen LogP contribution in [-0.4, -0.2) is 24.2 Å². The number of amides is 1. The first kappa shape index (κ1) is 17.6. The van der Waals surface area contributed by atoms with Crippen LogP contribution in [0, 0.1) is 0 Å². The molecule has 1 aromatic heterocycles. The molecule has 0 unspecified atom stereocenters. The second-order valence-corrected chi connectivity index (χ2v) is 6.94. The van der Waals surface area contributed by atoms with Crippen LogP contribution in [0.1, 0.15) is 29.8 Å². The van der Waals surface area contributed by atoms with Gasteiger partial charge in [0.2, 0.25) is 5.91 Å². The van der Waals surface area contributed by atoms with Crippen molar-refractivity contribution in [2.45, 2.75) is 25.2 Å². The average Bonchev–Trinajstić information content (AvgIpc) is 2.98. The van der Waals surface area contributed by atoms with E-state index in [4.69, 9.17) is 4.74 Å². The number of benzene rings is 1. The summed E-state index contributed by atoms with van der Waals surface area (Å²) in [6, 6.07) is 9.61. The van der Waals surface area contributed by atoms with Gasteiger partial charge in [0, 0.05) is 4.90 Å². The van der Waals surface area contributed by atoms with Crippen molar-refractivity contribution in [3.05, 3.63) is 46.8 Å². The summed E-state index contributed by atoms with van der Waals surface area (Å²) in [4.78, 5) is 25.2. The molecule has 1 N–H and O–H groups in total. The van der Waals surface area contributed by atoms with Gasteiger partial charge in [-0.3, -0.25) is 4.79 Å². The van der Waals surface area contributed by atoms with Crippen LogP contribution in [0.25, 0.3) is 0 Å². The number of thiophene rings is 1. The molecule has 122 valence electrons. The zero-order valence-electron chi connectivity index (χ0n) is 13.1. The first-order valence-electron chi connectivity index (χ1n) is 7.40. The highest BCUT2D eigenvalue weighted by atomic mass is 32.2. The van der Waals surface area contributed by atoms with Gasteiger partial charge in [-0.05, 0) is 41.8 Å². The number of carbonyl (C=O) groups is 2. The van der Waals surface area contributed by atoms with Gasteiger partial charge in [0.25, 0.3) is 0 Å². The fourth-order valence-electron chi connectivity index (χ4n) is 2.00. The molecule has 1 heterocycles. The van der Waals surface area contributed by atoms with E-state index in [9.17, 15) is 9.59 Å². The highest BCUT2D eigenvalue weighted by Crippen LogP contribution is 2.24. The molecule has 0 fully saturated rings. The van der Waals surface area contributed by atoms with Crippen LogP contribution in [0.5, 0.6) is 0 Å². The Labute approximate surface area is 144 Å². The normalized spacial score (nSPS) is 10.3. The molecule has 2 aromatic rings. The van der Waals surface area contributed by atoms with Crippen molar-refractivity contribution in [2.24, 2.45) is 0 Å². The third-order valence-electron chi connectivity index (χ3n) is 3.01. The molecule has 0 aliphatic carbocycles. The van der Waals surface area contributed by atoms with E-state index in [0.717, 1.165) is 11.3 Å². The van der Waals surface area contributed by atoms with Crippen LogP contribution in [0.2, 0.25) is 0 Å². The summed E-state index contributed by atoms with van der Waals surface area (Å²) in [6.45, 7) is 4.17. The Morgan fingerprint density at radius 1 is 1.17 bits per heavy atom. The summed E-state index contributed by atoms with van der Waals surface area (Å²) in [5, 5.41) is 5.09. The predicted molar refractivity (Wildman–Crippen MR) is 95.4 cm³/mol. The highest BCUT2D eigenvalue weighted by Gasteiger charge is 2.16. The molecule has 23 heavy (non-hydrogen) atoms. The molecule has 0 radical (unpaired) electrons. The number of ether oxygens (including phenoxy) is 1. The monoisotopic (exact) mass is 349 g/mol. The first-order chi connectivity index (χ1) is 11.1. The van der Waals surface area contributed by atoms with Gasteiger partial charge in [-0.25, -0.2) is 4.79 Å². The van der Waals surface area contributed by atoms with E-state index in [-0.39, 0.29) is 12.3 Å². The minimum absolute atomic E-state index is 0.145. The average molecular weight is 349 g/mol. The molecule has 0 aliphatic heterocycles. The smallest absolute Gasteiger partial charge is 0.341 e.